The lowest BCUT2D eigenvalue weighted by Crippen LogP contribution is -2.39. The van der Waals surface area contributed by atoms with Crippen molar-refractivity contribution in [3.63, 3.8) is 0 Å². The fraction of sp³-hybridized carbons (Fsp3) is 0.500. The van der Waals surface area contributed by atoms with Crippen molar-refractivity contribution in [3.8, 4) is 12.3 Å². The summed E-state index contributed by atoms with van der Waals surface area (Å²) in [4.78, 5) is 2.66. The van der Waals surface area contributed by atoms with Crippen LogP contribution in [0.25, 0.3) is 0 Å². The van der Waals surface area contributed by atoms with Crippen LogP contribution in [-0.4, -0.2) is 44.7 Å². The molecule has 0 amide bonds. The van der Waals surface area contributed by atoms with Gasteiger partial charge >= 0.3 is 0 Å². The Balaban J connectivity index is 1.92. The van der Waals surface area contributed by atoms with Crippen LogP contribution < -0.4 is 5.32 Å². The lowest BCUT2D eigenvalue weighted by atomic mass is 10.0. The van der Waals surface area contributed by atoms with Gasteiger partial charge in [-0.15, -0.1) is 6.42 Å². The summed E-state index contributed by atoms with van der Waals surface area (Å²) in [7, 11) is -3.11. The fourth-order valence-corrected chi connectivity index (χ4v) is 3.41. The van der Waals surface area contributed by atoms with Gasteiger partial charge in [0.2, 0.25) is 0 Å². The topological polar surface area (TPSA) is 49.4 Å². The largest absolute Gasteiger partial charge is 0.382 e. The first kappa shape index (κ1) is 15.9. The first-order chi connectivity index (χ1) is 10.0. The highest BCUT2D eigenvalue weighted by Crippen LogP contribution is 2.19. The van der Waals surface area contributed by atoms with Crippen molar-refractivity contribution < 1.29 is 8.42 Å². The third-order valence-electron chi connectivity index (χ3n) is 3.87. The number of nitrogens with zero attached hydrogens (tertiary/aromatic N) is 1. The van der Waals surface area contributed by atoms with Crippen LogP contribution in [0.3, 0.4) is 0 Å². The van der Waals surface area contributed by atoms with Gasteiger partial charge in [0.05, 0.1) is 17.2 Å². The highest BCUT2D eigenvalue weighted by molar-refractivity contribution is 7.91. The molecule has 1 heterocycles. The molecule has 0 aliphatic carbocycles. The number of piperidine rings is 1. The van der Waals surface area contributed by atoms with E-state index in [0.717, 1.165) is 38.2 Å². The van der Waals surface area contributed by atoms with Crippen LogP contribution in [0.1, 0.15) is 19.8 Å². The van der Waals surface area contributed by atoms with E-state index in [2.05, 4.69) is 16.1 Å². The summed E-state index contributed by atoms with van der Waals surface area (Å²) in [5, 5.41) is 3.47. The zero-order chi connectivity index (χ0) is 15.3. The van der Waals surface area contributed by atoms with Crippen molar-refractivity contribution in [3.05, 3.63) is 24.3 Å². The molecule has 0 spiro atoms. The summed E-state index contributed by atoms with van der Waals surface area (Å²) in [6, 6.07) is 7.46. The molecule has 1 saturated heterocycles. The molecule has 1 fully saturated rings. The summed E-state index contributed by atoms with van der Waals surface area (Å²) >= 11 is 0. The third kappa shape index (κ3) is 4.23. The van der Waals surface area contributed by atoms with Crippen LogP contribution in [-0.2, 0) is 9.84 Å². The summed E-state index contributed by atoms with van der Waals surface area (Å²) in [6.45, 7) is 4.39. The number of hydrogen-bond donors (Lipinski definition) is 1. The molecule has 1 N–H and O–H groups in total. The highest BCUT2D eigenvalue weighted by atomic mass is 32.2. The van der Waals surface area contributed by atoms with E-state index in [0.29, 0.717) is 10.9 Å². The van der Waals surface area contributed by atoms with Gasteiger partial charge in [-0.2, -0.15) is 0 Å². The minimum atomic E-state index is -3.11. The van der Waals surface area contributed by atoms with Crippen molar-refractivity contribution >= 4 is 15.5 Å². The molecule has 4 nitrogen and oxygen atoms in total. The maximum atomic E-state index is 11.8. The minimum absolute atomic E-state index is 0.132. The SMILES string of the molecule is C#CCN1CCC(Nc2ccc(S(=O)(=O)CC)cc2)CC1. The lowest BCUT2D eigenvalue weighted by molar-refractivity contribution is 0.243. The van der Waals surface area contributed by atoms with E-state index in [1.165, 1.54) is 0 Å². The van der Waals surface area contributed by atoms with Crippen molar-refractivity contribution in [2.24, 2.45) is 0 Å². The number of benzene rings is 1. The second-order valence-electron chi connectivity index (χ2n) is 5.33. The summed E-state index contributed by atoms with van der Waals surface area (Å²) in [6.07, 6.45) is 7.43. The molecule has 0 saturated carbocycles. The quantitative estimate of drug-likeness (QED) is 0.845. The number of hydrogen-bond acceptors (Lipinski definition) is 4. The van der Waals surface area contributed by atoms with Crippen LogP contribution in [0, 0.1) is 12.3 Å². The maximum absolute atomic E-state index is 11.8. The predicted octanol–water partition coefficient (Wildman–Crippen LogP) is 1.99. The Bertz CT molecular complexity index is 594. The molecule has 0 aromatic heterocycles. The van der Waals surface area contributed by atoms with Gasteiger partial charge in [-0.3, -0.25) is 4.90 Å². The minimum Gasteiger partial charge on any atom is -0.382 e. The zero-order valence-corrected chi connectivity index (χ0v) is 13.2. The summed E-state index contributed by atoms with van der Waals surface area (Å²) < 4.78 is 23.5. The van der Waals surface area contributed by atoms with Crippen LogP contribution in [0.15, 0.2) is 29.2 Å². The number of likely N-dealkylation sites (tertiary alicyclic amines) is 1. The van der Waals surface area contributed by atoms with Gasteiger partial charge in [-0.25, -0.2) is 8.42 Å². The van der Waals surface area contributed by atoms with Gasteiger partial charge in [0.25, 0.3) is 0 Å². The van der Waals surface area contributed by atoms with E-state index in [-0.39, 0.29) is 5.75 Å². The first-order valence-corrected chi connectivity index (χ1v) is 8.95. The second-order valence-corrected chi connectivity index (χ2v) is 7.60. The van der Waals surface area contributed by atoms with Crippen LogP contribution in [0.4, 0.5) is 5.69 Å². The van der Waals surface area contributed by atoms with Gasteiger partial charge in [0.15, 0.2) is 9.84 Å². The summed E-state index contributed by atoms with van der Waals surface area (Å²) in [5.74, 6) is 2.81. The van der Waals surface area contributed by atoms with Crippen molar-refractivity contribution in [1.82, 2.24) is 4.90 Å². The molecule has 1 aromatic rings. The zero-order valence-electron chi connectivity index (χ0n) is 12.4. The number of nitrogens with one attached hydrogen (secondary N) is 1. The van der Waals surface area contributed by atoms with Crippen molar-refractivity contribution in [2.75, 3.05) is 30.7 Å². The Labute approximate surface area is 127 Å². The first-order valence-electron chi connectivity index (χ1n) is 7.30. The molecule has 0 bridgehead atoms. The fourth-order valence-electron chi connectivity index (χ4n) is 2.53. The number of sulfone groups is 1. The normalized spacial score (nSPS) is 17.3. The Morgan fingerprint density at radius 1 is 1.29 bits per heavy atom. The molecular formula is C16H22N2O2S. The van der Waals surface area contributed by atoms with Gasteiger partial charge in [0.1, 0.15) is 0 Å². The molecule has 5 heteroatoms. The second kappa shape index (κ2) is 6.97. The number of anilines is 1. The van der Waals surface area contributed by atoms with Gasteiger partial charge in [0, 0.05) is 24.8 Å². The standard InChI is InChI=1S/C16H22N2O2S/c1-3-11-18-12-9-15(10-13-18)17-14-5-7-16(8-6-14)21(19,20)4-2/h1,5-8,15,17H,4,9-13H2,2H3. The smallest absolute Gasteiger partial charge is 0.178 e. The van der Waals surface area contributed by atoms with Crippen LogP contribution in [0.5, 0.6) is 0 Å². The van der Waals surface area contributed by atoms with Gasteiger partial charge in [-0.05, 0) is 37.1 Å². The average Bonchev–Trinajstić information content (AvgIpc) is 2.50. The molecule has 0 radical (unpaired) electrons. The molecule has 1 aliphatic rings. The maximum Gasteiger partial charge on any atom is 0.178 e. The van der Waals surface area contributed by atoms with E-state index < -0.39 is 9.84 Å². The monoisotopic (exact) mass is 306 g/mol. The van der Waals surface area contributed by atoms with Crippen molar-refractivity contribution in [1.29, 1.82) is 0 Å². The van der Waals surface area contributed by atoms with Crippen LogP contribution in [0.2, 0.25) is 0 Å². The molecule has 0 atom stereocenters. The molecule has 114 valence electrons. The highest BCUT2D eigenvalue weighted by Gasteiger charge is 2.18. The van der Waals surface area contributed by atoms with Gasteiger partial charge in [-0.1, -0.05) is 12.8 Å². The molecular weight excluding hydrogens is 284 g/mol. The Morgan fingerprint density at radius 3 is 2.43 bits per heavy atom. The van der Waals surface area contributed by atoms with E-state index in [1.54, 1.807) is 19.1 Å². The lowest BCUT2D eigenvalue weighted by Gasteiger charge is -2.31. The Morgan fingerprint density at radius 2 is 1.90 bits per heavy atom. The van der Waals surface area contributed by atoms with E-state index in [4.69, 9.17) is 6.42 Å². The van der Waals surface area contributed by atoms with E-state index in [1.807, 2.05) is 12.1 Å². The van der Waals surface area contributed by atoms with Gasteiger partial charge < -0.3 is 5.32 Å². The van der Waals surface area contributed by atoms with E-state index in [9.17, 15) is 8.42 Å². The van der Waals surface area contributed by atoms with Crippen molar-refractivity contribution in [2.45, 2.75) is 30.7 Å². The van der Waals surface area contributed by atoms with Crippen LogP contribution >= 0.6 is 0 Å². The molecule has 2 rings (SSSR count). The Hall–Kier alpha value is -1.51. The molecule has 21 heavy (non-hydrogen) atoms. The number of rotatable bonds is 5. The summed E-state index contributed by atoms with van der Waals surface area (Å²) in [5.41, 5.74) is 0.973. The van der Waals surface area contributed by atoms with E-state index >= 15 is 0 Å². The molecule has 0 unspecified atom stereocenters. The Kier molecular flexibility index (Phi) is 5.27. The average molecular weight is 306 g/mol. The predicted molar refractivity (Wildman–Crippen MR) is 86.1 cm³/mol. The third-order valence-corrected chi connectivity index (χ3v) is 5.62. The molecule has 1 aliphatic heterocycles. The molecule has 1 aromatic carbocycles. The number of terminal acetylenes is 1.